The quantitative estimate of drug-likeness (QED) is 0.335. The number of carbonyl (C=O) groups is 1. The Labute approximate surface area is 224 Å². The number of benzene rings is 3. The average Bonchev–Trinajstić information content (AvgIpc) is 3.21. The predicted molar refractivity (Wildman–Crippen MR) is 152 cm³/mol. The molecule has 0 spiro atoms. The van der Waals surface area contributed by atoms with E-state index in [1.165, 1.54) is 5.56 Å². The number of nitrogens with zero attached hydrogens (tertiary/aromatic N) is 4. The maximum atomic E-state index is 13.4. The maximum absolute atomic E-state index is 13.4. The second-order valence-electron chi connectivity index (χ2n) is 9.76. The molecule has 3 aromatic carbocycles. The van der Waals surface area contributed by atoms with Gasteiger partial charge in [0.25, 0.3) is 5.91 Å². The van der Waals surface area contributed by atoms with Crippen LogP contribution in [0.1, 0.15) is 39.4 Å². The lowest BCUT2D eigenvalue weighted by molar-refractivity contribution is 0.0767. The summed E-state index contributed by atoms with van der Waals surface area (Å²) in [6.45, 7) is 6.97. The summed E-state index contributed by atoms with van der Waals surface area (Å²) in [5.74, 6) is 2.68. The SMILES string of the molecule is COc1ccc(Cc2c(C)nc(C)nc2N2CCCN(C(=O)c3ccc(-c4ccccc4)cc3)CC2)cc1. The minimum absolute atomic E-state index is 0.0833. The zero-order chi connectivity index (χ0) is 26.5. The van der Waals surface area contributed by atoms with E-state index in [0.29, 0.717) is 6.54 Å². The van der Waals surface area contributed by atoms with Gasteiger partial charge in [-0.05, 0) is 61.2 Å². The van der Waals surface area contributed by atoms with Crippen LogP contribution in [0.4, 0.5) is 5.82 Å². The Bertz CT molecular complexity index is 1390. The number of aryl methyl sites for hydroxylation is 2. The molecular formula is C32H34N4O2. The van der Waals surface area contributed by atoms with Crippen LogP contribution in [0.3, 0.4) is 0 Å². The molecule has 0 radical (unpaired) electrons. The number of hydrogen-bond acceptors (Lipinski definition) is 5. The van der Waals surface area contributed by atoms with Gasteiger partial charge in [0.15, 0.2) is 0 Å². The first kappa shape index (κ1) is 25.5. The molecule has 0 bridgehead atoms. The molecule has 1 fully saturated rings. The van der Waals surface area contributed by atoms with Crippen molar-refractivity contribution in [3.05, 3.63) is 107 Å². The summed E-state index contributed by atoms with van der Waals surface area (Å²) in [5.41, 5.74) is 6.32. The fourth-order valence-corrected chi connectivity index (χ4v) is 5.08. The molecule has 0 saturated carbocycles. The molecule has 2 heterocycles. The third-order valence-electron chi connectivity index (χ3n) is 7.17. The summed E-state index contributed by atoms with van der Waals surface area (Å²) in [7, 11) is 1.68. The number of hydrogen-bond donors (Lipinski definition) is 0. The van der Waals surface area contributed by atoms with Gasteiger partial charge in [-0.25, -0.2) is 9.97 Å². The molecule has 1 aliphatic rings. The molecule has 1 aromatic heterocycles. The normalized spacial score (nSPS) is 13.8. The van der Waals surface area contributed by atoms with E-state index in [2.05, 4.69) is 41.1 Å². The van der Waals surface area contributed by atoms with E-state index in [1.54, 1.807) is 7.11 Å². The van der Waals surface area contributed by atoms with Crippen molar-refractivity contribution in [3.8, 4) is 16.9 Å². The minimum Gasteiger partial charge on any atom is -0.497 e. The number of carbonyl (C=O) groups excluding carboxylic acids is 1. The molecule has 5 rings (SSSR count). The van der Waals surface area contributed by atoms with Gasteiger partial charge in [0, 0.05) is 49.4 Å². The number of aromatic nitrogens is 2. The van der Waals surface area contributed by atoms with E-state index in [0.717, 1.165) is 77.8 Å². The Kier molecular flexibility index (Phi) is 7.68. The van der Waals surface area contributed by atoms with E-state index in [1.807, 2.05) is 66.4 Å². The Morgan fingerprint density at radius 2 is 1.53 bits per heavy atom. The van der Waals surface area contributed by atoms with Crippen molar-refractivity contribution in [2.24, 2.45) is 0 Å². The second kappa shape index (κ2) is 11.5. The van der Waals surface area contributed by atoms with Crippen molar-refractivity contribution >= 4 is 11.7 Å². The van der Waals surface area contributed by atoms with Gasteiger partial charge in [-0.3, -0.25) is 4.79 Å². The number of ether oxygens (including phenoxy) is 1. The third kappa shape index (κ3) is 5.70. The van der Waals surface area contributed by atoms with Gasteiger partial charge in [-0.15, -0.1) is 0 Å². The monoisotopic (exact) mass is 506 g/mol. The number of amides is 1. The fraction of sp³-hybridized carbons (Fsp3) is 0.281. The molecular weight excluding hydrogens is 472 g/mol. The zero-order valence-corrected chi connectivity index (χ0v) is 22.4. The third-order valence-corrected chi connectivity index (χ3v) is 7.17. The molecule has 194 valence electrons. The van der Waals surface area contributed by atoms with Gasteiger partial charge in [0.2, 0.25) is 0 Å². The van der Waals surface area contributed by atoms with Gasteiger partial charge in [0.1, 0.15) is 17.4 Å². The number of methoxy groups -OCH3 is 1. The molecule has 6 nitrogen and oxygen atoms in total. The second-order valence-corrected chi connectivity index (χ2v) is 9.76. The Morgan fingerprint density at radius 1 is 0.816 bits per heavy atom. The predicted octanol–water partition coefficient (Wildman–Crippen LogP) is 5.71. The van der Waals surface area contributed by atoms with E-state index >= 15 is 0 Å². The zero-order valence-electron chi connectivity index (χ0n) is 22.4. The van der Waals surface area contributed by atoms with Crippen LogP contribution in [0.25, 0.3) is 11.1 Å². The van der Waals surface area contributed by atoms with Gasteiger partial charge in [-0.1, -0.05) is 54.6 Å². The largest absolute Gasteiger partial charge is 0.497 e. The van der Waals surface area contributed by atoms with E-state index in [-0.39, 0.29) is 5.91 Å². The molecule has 0 unspecified atom stereocenters. The lowest BCUT2D eigenvalue weighted by Crippen LogP contribution is -2.35. The Balaban J connectivity index is 1.31. The van der Waals surface area contributed by atoms with Crippen LogP contribution in [-0.4, -0.2) is 54.1 Å². The van der Waals surface area contributed by atoms with Crippen molar-refractivity contribution < 1.29 is 9.53 Å². The van der Waals surface area contributed by atoms with Crippen molar-refractivity contribution in [2.45, 2.75) is 26.7 Å². The molecule has 1 amide bonds. The molecule has 38 heavy (non-hydrogen) atoms. The van der Waals surface area contributed by atoms with Crippen LogP contribution in [0.5, 0.6) is 5.75 Å². The number of anilines is 1. The van der Waals surface area contributed by atoms with Gasteiger partial charge < -0.3 is 14.5 Å². The fourth-order valence-electron chi connectivity index (χ4n) is 5.08. The smallest absolute Gasteiger partial charge is 0.253 e. The summed E-state index contributed by atoms with van der Waals surface area (Å²) in [6, 6.07) is 26.3. The number of rotatable bonds is 6. The van der Waals surface area contributed by atoms with Crippen LogP contribution in [-0.2, 0) is 6.42 Å². The highest BCUT2D eigenvalue weighted by atomic mass is 16.5. The highest BCUT2D eigenvalue weighted by molar-refractivity contribution is 5.94. The van der Waals surface area contributed by atoms with Crippen LogP contribution in [0, 0.1) is 13.8 Å². The first-order valence-electron chi connectivity index (χ1n) is 13.2. The summed E-state index contributed by atoms with van der Waals surface area (Å²) in [6.07, 6.45) is 1.64. The summed E-state index contributed by atoms with van der Waals surface area (Å²) < 4.78 is 5.31. The summed E-state index contributed by atoms with van der Waals surface area (Å²) in [5, 5.41) is 0. The molecule has 1 saturated heterocycles. The lowest BCUT2D eigenvalue weighted by Gasteiger charge is -2.26. The van der Waals surface area contributed by atoms with Gasteiger partial charge in [0.05, 0.1) is 7.11 Å². The minimum atomic E-state index is 0.0833. The van der Waals surface area contributed by atoms with Gasteiger partial charge >= 0.3 is 0 Å². The molecule has 0 N–H and O–H groups in total. The standard InChI is InChI=1S/C32H34N4O2/c1-23-30(22-25-10-16-29(38-3)17-11-25)31(34-24(2)33-23)35-18-7-19-36(21-20-35)32(37)28-14-12-27(13-15-28)26-8-5-4-6-9-26/h4-6,8-17H,7,18-22H2,1-3H3. The maximum Gasteiger partial charge on any atom is 0.253 e. The highest BCUT2D eigenvalue weighted by Gasteiger charge is 2.24. The van der Waals surface area contributed by atoms with Crippen molar-refractivity contribution in [1.29, 1.82) is 0 Å². The molecule has 0 aliphatic carbocycles. The summed E-state index contributed by atoms with van der Waals surface area (Å²) >= 11 is 0. The summed E-state index contributed by atoms with van der Waals surface area (Å²) in [4.78, 5) is 27.2. The van der Waals surface area contributed by atoms with E-state index in [9.17, 15) is 4.79 Å². The van der Waals surface area contributed by atoms with Crippen LogP contribution >= 0.6 is 0 Å². The lowest BCUT2D eigenvalue weighted by atomic mass is 10.0. The highest BCUT2D eigenvalue weighted by Crippen LogP contribution is 2.26. The van der Waals surface area contributed by atoms with E-state index in [4.69, 9.17) is 9.72 Å². The molecule has 0 atom stereocenters. The van der Waals surface area contributed by atoms with Crippen molar-refractivity contribution in [2.75, 3.05) is 38.2 Å². The Morgan fingerprint density at radius 3 is 2.24 bits per heavy atom. The first-order chi connectivity index (χ1) is 18.5. The topological polar surface area (TPSA) is 58.6 Å². The molecule has 1 aliphatic heterocycles. The first-order valence-corrected chi connectivity index (χ1v) is 13.2. The van der Waals surface area contributed by atoms with Gasteiger partial charge in [-0.2, -0.15) is 0 Å². The van der Waals surface area contributed by atoms with Crippen molar-refractivity contribution in [1.82, 2.24) is 14.9 Å². The van der Waals surface area contributed by atoms with Crippen molar-refractivity contribution in [3.63, 3.8) is 0 Å². The average molecular weight is 507 g/mol. The Hall–Kier alpha value is -4.19. The molecule has 6 heteroatoms. The van der Waals surface area contributed by atoms with Crippen LogP contribution in [0.2, 0.25) is 0 Å². The van der Waals surface area contributed by atoms with E-state index < -0.39 is 0 Å². The van der Waals surface area contributed by atoms with Crippen LogP contribution < -0.4 is 9.64 Å². The van der Waals surface area contributed by atoms with Crippen LogP contribution in [0.15, 0.2) is 78.9 Å². The molecule has 4 aromatic rings.